The highest BCUT2D eigenvalue weighted by molar-refractivity contribution is 6.91. The minimum atomic E-state index is -1.57. The van der Waals surface area contributed by atoms with Crippen LogP contribution in [0.2, 0.25) is 39.3 Å². The average molecular weight is 413 g/mol. The number of aromatic nitrogens is 1. The highest BCUT2D eigenvalue weighted by Crippen LogP contribution is 2.12. The quantitative estimate of drug-likeness (QED) is 0.562. The van der Waals surface area contributed by atoms with Crippen LogP contribution in [0.5, 0.6) is 0 Å². The Hall–Kier alpha value is -2.52. The maximum Gasteiger partial charge on any atom is 0.328 e. The van der Waals surface area contributed by atoms with Gasteiger partial charge in [0.25, 0.3) is 5.91 Å². The molecule has 0 atom stereocenters. The molecule has 0 saturated heterocycles. The van der Waals surface area contributed by atoms with E-state index in [-0.39, 0.29) is 5.91 Å². The first-order valence-electron chi connectivity index (χ1n) is 9.21. The number of aliphatic carboxylic acids is 1. The number of nitrogens with zero attached hydrogens (tertiary/aromatic N) is 1. The average Bonchev–Trinajstić information content (AvgIpc) is 2.59. The van der Waals surface area contributed by atoms with Gasteiger partial charge in [-0.25, -0.2) is 9.78 Å². The summed E-state index contributed by atoms with van der Waals surface area (Å²) in [5.41, 5.74) is 1.32. The molecule has 5 nitrogen and oxygen atoms in total. The molecule has 0 aliphatic heterocycles. The molecule has 0 spiro atoms. The van der Waals surface area contributed by atoms with Gasteiger partial charge in [0, 0.05) is 17.8 Å². The predicted octanol–water partition coefficient (Wildman–Crippen LogP) is 3.52. The van der Waals surface area contributed by atoms with Gasteiger partial charge in [0.15, 0.2) is 0 Å². The van der Waals surface area contributed by atoms with E-state index in [4.69, 9.17) is 5.11 Å². The van der Waals surface area contributed by atoms with Gasteiger partial charge in [0.2, 0.25) is 0 Å². The summed E-state index contributed by atoms with van der Waals surface area (Å²) in [6.45, 7) is 13.7. The number of carboxylic acid groups (broad SMARTS) is 1. The van der Waals surface area contributed by atoms with Gasteiger partial charge in [0.05, 0.1) is 16.1 Å². The van der Waals surface area contributed by atoms with E-state index in [1.54, 1.807) is 12.1 Å². The van der Waals surface area contributed by atoms with Crippen LogP contribution in [0.4, 0.5) is 5.82 Å². The standard InChI is InChI=1S/C21H28N2O3Si2/c1-27(2,3)17-11-16(12-18(13-17)28(4,5)6)21(26)23-19-9-7-15(14-22-19)8-10-20(24)25/h7-14H,1-6H3,(H,24,25)(H,22,23,26)/b10-8+. The molecular formula is C21H28N2O3Si2. The van der Waals surface area contributed by atoms with Crippen molar-refractivity contribution in [2.75, 3.05) is 5.32 Å². The molecule has 1 aromatic heterocycles. The molecule has 0 aliphatic carbocycles. The summed E-state index contributed by atoms with van der Waals surface area (Å²) in [5.74, 6) is -0.760. The lowest BCUT2D eigenvalue weighted by atomic mass is 10.2. The van der Waals surface area contributed by atoms with Crippen molar-refractivity contribution in [2.24, 2.45) is 0 Å². The first kappa shape index (κ1) is 21.8. The fraction of sp³-hybridized carbons (Fsp3) is 0.286. The lowest BCUT2D eigenvalue weighted by Crippen LogP contribution is -2.46. The number of pyridine rings is 1. The van der Waals surface area contributed by atoms with Crippen LogP contribution >= 0.6 is 0 Å². The Morgan fingerprint density at radius 1 is 0.964 bits per heavy atom. The number of carbonyl (C=O) groups excluding carboxylic acids is 1. The SMILES string of the molecule is C[Si](C)(C)c1cc(C(=O)Nc2ccc(/C=C/C(=O)O)cn2)cc([Si](C)(C)C)c1. The van der Waals surface area contributed by atoms with Crippen molar-refractivity contribution < 1.29 is 14.7 Å². The largest absolute Gasteiger partial charge is 0.478 e. The summed E-state index contributed by atoms with van der Waals surface area (Å²) >= 11 is 0. The number of amides is 1. The molecule has 1 aromatic carbocycles. The zero-order valence-electron chi connectivity index (χ0n) is 17.3. The van der Waals surface area contributed by atoms with E-state index in [2.05, 4.69) is 55.6 Å². The van der Waals surface area contributed by atoms with Crippen LogP contribution in [0.3, 0.4) is 0 Å². The number of rotatable bonds is 6. The van der Waals surface area contributed by atoms with Crippen LogP contribution in [0.15, 0.2) is 42.6 Å². The van der Waals surface area contributed by atoms with Gasteiger partial charge in [-0.3, -0.25) is 4.79 Å². The molecular weight excluding hydrogens is 384 g/mol. The lowest BCUT2D eigenvalue weighted by molar-refractivity contribution is -0.131. The Balaban J connectivity index is 2.29. The van der Waals surface area contributed by atoms with Crippen LogP contribution in [-0.4, -0.2) is 38.1 Å². The zero-order chi connectivity index (χ0) is 21.1. The van der Waals surface area contributed by atoms with Gasteiger partial charge in [-0.2, -0.15) is 0 Å². The molecule has 0 fully saturated rings. The Kier molecular flexibility index (Phi) is 6.41. The van der Waals surface area contributed by atoms with Crippen molar-refractivity contribution in [3.05, 3.63) is 53.7 Å². The van der Waals surface area contributed by atoms with Gasteiger partial charge in [-0.15, -0.1) is 0 Å². The van der Waals surface area contributed by atoms with Crippen LogP contribution < -0.4 is 15.7 Å². The van der Waals surface area contributed by atoms with E-state index in [9.17, 15) is 9.59 Å². The number of carbonyl (C=O) groups is 2. The third-order valence-corrected chi connectivity index (χ3v) is 8.42. The Labute approximate surface area is 168 Å². The second-order valence-corrected chi connectivity index (χ2v) is 19.1. The molecule has 28 heavy (non-hydrogen) atoms. The van der Waals surface area contributed by atoms with Crippen LogP contribution in [0, 0.1) is 0 Å². The topological polar surface area (TPSA) is 79.3 Å². The number of hydrogen-bond donors (Lipinski definition) is 2. The smallest absolute Gasteiger partial charge is 0.328 e. The van der Waals surface area contributed by atoms with E-state index in [1.807, 2.05) is 12.1 Å². The molecule has 148 valence electrons. The Bertz CT molecular complexity index is 876. The van der Waals surface area contributed by atoms with Gasteiger partial charge < -0.3 is 10.4 Å². The molecule has 0 radical (unpaired) electrons. The van der Waals surface area contributed by atoms with Crippen molar-refractivity contribution >= 4 is 50.3 Å². The molecule has 2 N–H and O–H groups in total. The highest BCUT2D eigenvalue weighted by Gasteiger charge is 2.24. The van der Waals surface area contributed by atoms with Crippen LogP contribution in [-0.2, 0) is 4.79 Å². The molecule has 1 heterocycles. The summed E-state index contributed by atoms with van der Waals surface area (Å²) in [6.07, 6.45) is 4.04. The monoisotopic (exact) mass is 412 g/mol. The highest BCUT2D eigenvalue weighted by atomic mass is 28.3. The van der Waals surface area contributed by atoms with Crippen molar-refractivity contribution in [2.45, 2.75) is 39.3 Å². The minimum absolute atomic E-state index is 0.180. The molecule has 2 rings (SSSR count). The zero-order valence-corrected chi connectivity index (χ0v) is 19.3. The molecule has 0 saturated carbocycles. The van der Waals surface area contributed by atoms with Crippen molar-refractivity contribution in [3.63, 3.8) is 0 Å². The fourth-order valence-electron chi connectivity index (χ4n) is 2.56. The normalized spacial score (nSPS) is 12.2. The minimum Gasteiger partial charge on any atom is -0.478 e. The summed E-state index contributed by atoms with van der Waals surface area (Å²) in [7, 11) is -3.14. The molecule has 0 aliphatic rings. The van der Waals surface area contributed by atoms with Gasteiger partial charge >= 0.3 is 5.97 Å². The van der Waals surface area contributed by atoms with Gasteiger partial charge in [-0.05, 0) is 23.8 Å². The Morgan fingerprint density at radius 3 is 1.96 bits per heavy atom. The first-order valence-corrected chi connectivity index (χ1v) is 16.2. The lowest BCUT2D eigenvalue weighted by Gasteiger charge is -2.24. The summed E-state index contributed by atoms with van der Waals surface area (Å²) in [4.78, 5) is 27.6. The third-order valence-electron chi connectivity index (χ3n) is 4.37. The fourth-order valence-corrected chi connectivity index (χ4v) is 5.06. The number of carboxylic acids is 1. The van der Waals surface area contributed by atoms with E-state index in [0.717, 1.165) is 6.08 Å². The van der Waals surface area contributed by atoms with Crippen LogP contribution in [0.25, 0.3) is 6.08 Å². The van der Waals surface area contributed by atoms with Crippen molar-refractivity contribution in [3.8, 4) is 0 Å². The number of nitrogens with one attached hydrogen (secondary N) is 1. The molecule has 0 bridgehead atoms. The molecule has 0 unspecified atom stereocenters. The third kappa shape index (κ3) is 6.00. The van der Waals surface area contributed by atoms with Crippen molar-refractivity contribution in [1.29, 1.82) is 0 Å². The van der Waals surface area contributed by atoms with Gasteiger partial charge in [0.1, 0.15) is 5.82 Å². The number of anilines is 1. The van der Waals surface area contributed by atoms with E-state index < -0.39 is 22.1 Å². The molecule has 7 heteroatoms. The molecule has 2 aromatic rings. The first-order chi connectivity index (χ1) is 12.9. The number of hydrogen-bond acceptors (Lipinski definition) is 3. The van der Waals surface area contributed by atoms with Crippen LogP contribution in [0.1, 0.15) is 15.9 Å². The maximum absolute atomic E-state index is 12.9. The number of benzene rings is 1. The maximum atomic E-state index is 12.9. The van der Waals surface area contributed by atoms with E-state index >= 15 is 0 Å². The summed E-state index contributed by atoms with van der Waals surface area (Å²) in [6, 6.07) is 9.69. The molecule has 1 amide bonds. The van der Waals surface area contributed by atoms with Gasteiger partial charge in [-0.1, -0.05) is 67.9 Å². The Morgan fingerprint density at radius 2 is 1.54 bits per heavy atom. The second-order valence-electron chi connectivity index (χ2n) is 8.90. The van der Waals surface area contributed by atoms with E-state index in [0.29, 0.717) is 16.9 Å². The van der Waals surface area contributed by atoms with Crippen molar-refractivity contribution in [1.82, 2.24) is 4.98 Å². The van der Waals surface area contributed by atoms with E-state index in [1.165, 1.54) is 22.6 Å². The predicted molar refractivity (Wildman–Crippen MR) is 121 cm³/mol. The summed E-state index contributed by atoms with van der Waals surface area (Å²) in [5, 5.41) is 14.1. The summed E-state index contributed by atoms with van der Waals surface area (Å²) < 4.78 is 0. The second kappa shape index (κ2) is 8.24.